The Morgan fingerprint density at radius 2 is 0.833 bits per heavy atom. The van der Waals surface area contributed by atoms with Gasteiger partial charge in [0.1, 0.15) is 0 Å². The predicted octanol–water partition coefficient (Wildman–Crippen LogP) is 14.9. The molecule has 1 heteroatoms. The Hall–Kier alpha value is -6.44. The lowest BCUT2D eigenvalue weighted by Crippen LogP contribution is -2.55. The number of fused-ring (bicyclic) bond motifs is 13. The van der Waals surface area contributed by atoms with Crippen LogP contribution in [0, 0.1) is 23.7 Å². The predicted molar refractivity (Wildman–Crippen MR) is 246 cm³/mol. The van der Waals surface area contributed by atoms with Gasteiger partial charge in [0.15, 0.2) is 0 Å². The van der Waals surface area contributed by atoms with E-state index in [1.165, 1.54) is 116 Å². The highest BCUT2D eigenvalue weighted by molar-refractivity contribution is 6.03. The Kier molecular flexibility index (Phi) is 6.72. The molecule has 4 fully saturated rings. The molecule has 286 valence electrons. The van der Waals surface area contributed by atoms with Crippen LogP contribution in [0.3, 0.4) is 0 Å². The zero-order valence-corrected chi connectivity index (χ0v) is 33.7. The molecule has 0 amide bonds. The van der Waals surface area contributed by atoms with Crippen molar-refractivity contribution < 1.29 is 0 Å². The van der Waals surface area contributed by atoms with E-state index in [9.17, 15) is 0 Å². The van der Waals surface area contributed by atoms with Crippen LogP contribution in [0.5, 0.6) is 0 Å². The second-order valence-electron chi connectivity index (χ2n) is 18.8. The molecule has 0 N–H and O–H groups in total. The van der Waals surface area contributed by atoms with Crippen LogP contribution in [-0.2, 0) is 10.8 Å². The summed E-state index contributed by atoms with van der Waals surface area (Å²) in [6, 6.07) is 72.0. The number of anilines is 3. The summed E-state index contributed by atoms with van der Waals surface area (Å²) in [6.07, 6.45) is 7.03. The number of hydrogen-bond donors (Lipinski definition) is 0. The molecular formula is C59H45N. The van der Waals surface area contributed by atoms with Gasteiger partial charge in [0, 0.05) is 22.2 Å². The Balaban J connectivity index is 1.05. The van der Waals surface area contributed by atoms with Crippen molar-refractivity contribution in [3.63, 3.8) is 0 Å². The maximum atomic E-state index is 2.62. The summed E-state index contributed by atoms with van der Waals surface area (Å²) in [6.45, 7) is 0. The molecule has 7 aliphatic rings. The first kappa shape index (κ1) is 33.4. The van der Waals surface area contributed by atoms with Crippen molar-refractivity contribution >= 4 is 17.1 Å². The Morgan fingerprint density at radius 1 is 0.350 bits per heavy atom. The van der Waals surface area contributed by atoms with Gasteiger partial charge in [-0.1, -0.05) is 164 Å². The van der Waals surface area contributed by atoms with Crippen LogP contribution in [0.1, 0.15) is 65.5 Å². The van der Waals surface area contributed by atoms with Gasteiger partial charge in [-0.2, -0.15) is 0 Å². The summed E-state index contributed by atoms with van der Waals surface area (Å²) < 4.78 is 0. The first-order valence-corrected chi connectivity index (χ1v) is 22.4. The molecule has 8 aromatic rings. The third-order valence-corrected chi connectivity index (χ3v) is 16.3. The molecule has 0 radical (unpaired) electrons. The first-order chi connectivity index (χ1) is 29.7. The molecule has 7 aliphatic carbocycles. The second-order valence-corrected chi connectivity index (χ2v) is 18.8. The summed E-state index contributed by atoms with van der Waals surface area (Å²) in [5.41, 5.74) is 22.7. The van der Waals surface area contributed by atoms with Crippen molar-refractivity contribution in [3.05, 3.63) is 221 Å². The maximum absolute atomic E-state index is 2.62. The fourth-order valence-electron chi connectivity index (χ4n) is 14.5. The average molecular weight is 768 g/mol. The quantitative estimate of drug-likeness (QED) is 0.172. The third kappa shape index (κ3) is 4.09. The lowest BCUT2D eigenvalue weighted by atomic mass is 9.43. The van der Waals surface area contributed by atoms with E-state index in [4.69, 9.17) is 0 Å². The highest BCUT2D eigenvalue weighted by Gasteiger charge is 2.61. The lowest BCUT2D eigenvalue weighted by Gasteiger charge is -2.61. The standard InChI is InChI=1S/C59H45N/c1-2-15-39(16-3-1)43-17-8-13-27-55(43)60(42-29-30-53-48(36-42)46-20-6-9-22-49(46)58(53)40-32-37-31-38(34-40)35-41(58)33-37)56-28-14-26-54-57(56)47-21-7-12-25-52(47)59(54)50-23-10-4-18-44(50)45-19-5-11-24-51(45)59/h1-30,36-38,40-41H,31-35H2. The van der Waals surface area contributed by atoms with Crippen LogP contribution in [0.2, 0.25) is 0 Å². The summed E-state index contributed by atoms with van der Waals surface area (Å²) >= 11 is 0. The second kappa shape index (κ2) is 12.1. The highest BCUT2D eigenvalue weighted by atomic mass is 15.1. The smallest absolute Gasteiger partial charge is 0.0726 e. The van der Waals surface area contributed by atoms with Gasteiger partial charge in [0.25, 0.3) is 0 Å². The van der Waals surface area contributed by atoms with E-state index >= 15 is 0 Å². The van der Waals surface area contributed by atoms with Crippen LogP contribution in [0.4, 0.5) is 17.1 Å². The number of benzene rings is 8. The fraction of sp³-hybridized carbons (Fsp3) is 0.186. The van der Waals surface area contributed by atoms with E-state index in [1.807, 2.05) is 0 Å². The van der Waals surface area contributed by atoms with E-state index in [0.29, 0.717) is 0 Å². The van der Waals surface area contributed by atoms with Crippen LogP contribution in [0.25, 0.3) is 44.5 Å². The van der Waals surface area contributed by atoms with Crippen LogP contribution in [0.15, 0.2) is 188 Å². The maximum Gasteiger partial charge on any atom is 0.0726 e. The molecule has 0 unspecified atom stereocenters. The van der Waals surface area contributed by atoms with E-state index in [0.717, 1.165) is 23.7 Å². The van der Waals surface area contributed by atoms with Crippen LogP contribution >= 0.6 is 0 Å². The molecule has 2 spiro atoms. The van der Waals surface area contributed by atoms with Gasteiger partial charge in [0.2, 0.25) is 0 Å². The zero-order valence-electron chi connectivity index (χ0n) is 33.7. The summed E-state index contributed by atoms with van der Waals surface area (Å²) in [5, 5.41) is 0. The molecule has 8 aromatic carbocycles. The molecule has 0 aliphatic heterocycles. The van der Waals surface area contributed by atoms with Gasteiger partial charge >= 0.3 is 0 Å². The van der Waals surface area contributed by atoms with E-state index in [-0.39, 0.29) is 5.41 Å². The first-order valence-electron chi connectivity index (χ1n) is 22.4. The van der Waals surface area contributed by atoms with Crippen molar-refractivity contribution in [1.82, 2.24) is 0 Å². The number of hydrogen-bond acceptors (Lipinski definition) is 1. The molecule has 0 aromatic heterocycles. The highest BCUT2D eigenvalue weighted by Crippen LogP contribution is 2.70. The van der Waals surface area contributed by atoms with Crippen molar-refractivity contribution in [1.29, 1.82) is 0 Å². The lowest BCUT2D eigenvalue weighted by molar-refractivity contribution is -0.0399. The largest absolute Gasteiger partial charge is 0.309 e. The molecular weight excluding hydrogens is 723 g/mol. The van der Waals surface area contributed by atoms with Crippen LogP contribution < -0.4 is 4.90 Å². The molecule has 0 atom stereocenters. The van der Waals surface area contributed by atoms with Gasteiger partial charge in [-0.15, -0.1) is 0 Å². The Labute approximate surface area is 353 Å². The minimum Gasteiger partial charge on any atom is -0.309 e. The molecule has 0 saturated heterocycles. The SMILES string of the molecule is c1ccc(-c2ccccc2N(c2ccc3c(c2)-c2ccccc2C32C3CC4CC(C3)CC2C4)c2cccc3c2-c2ccccc2C32c3ccccc3-c3ccccc32)cc1. The Bertz CT molecular complexity index is 3000. The minimum atomic E-state index is -0.414. The Morgan fingerprint density at radius 3 is 1.50 bits per heavy atom. The van der Waals surface area contributed by atoms with Gasteiger partial charge < -0.3 is 4.90 Å². The van der Waals surface area contributed by atoms with Crippen molar-refractivity contribution in [2.24, 2.45) is 23.7 Å². The molecule has 4 saturated carbocycles. The molecule has 0 heterocycles. The van der Waals surface area contributed by atoms with Gasteiger partial charge in [-0.3, -0.25) is 0 Å². The van der Waals surface area contributed by atoms with Gasteiger partial charge in [-0.05, 0) is 147 Å². The average Bonchev–Trinajstić information content (AvgIpc) is 3.89. The molecule has 4 bridgehead atoms. The van der Waals surface area contributed by atoms with E-state index in [1.54, 1.807) is 11.1 Å². The van der Waals surface area contributed by atoms with Gasteiger partial charge in [-0.25, -0.2) is 0 Å². The molecule has 60 heavy (non-hydrogen) atoms. The summed E-state index contributed by atoms with van der Waals surface area (Å²) in [5.74, 6) is 3.31. The fourth-order valence-corrected chi connectivity index (χ4v) is 14.5. The summed E-state index contributed by atoms with van der Waals surface area (Å²) in [4.78, 5) is 2.62. The van der Waals surface area contributed by atoms with Crippen LogP contribution in [-0.4, -0.2) is 0 Å². The normalized spacial score (nSPS) is 23.5. The van der Waals surface area contributed by atoms with Crippen molar-refractivity contribution in [2.45, 2.75) is 42.9 Å². The van der Waals surface area contributed by atoms with Crippen molar-refractivity contribution in [3.8, 4) is 44.5 Å². The number of nitrogens with zero attached hydrogens (tertiary/aromatic N) is 1. The molecule has 1 nitrogen and oxygen atoms in total. The zero-order chi connectivity index (χ0) is 39.2. The molecule has 15 rings (SSSR count). The monoisotopic (exact) mass is 767 g/mol. The minimum absolute atomic E-state index is 0.132. The number of rotatable bonds is 4. The van der Waals surface area contributed by atoms with E-state index in [2.05, 4.69) is 193 Å². The summed E-state index contributed by atoms with van der Waals surface area (Å²) in [7, 11) is 0. The third-order valence-electron chi connectivity index (χ3n) is 16.3. The van der Waals surface area contributed by atoms with Crippen molar-refractivity contribution in [2.75, 3.05) is 4.90 Å². The topological polar surface area (TPSA) is 3.24 Å². The van der Waals surface area contributed by atoms with Gasteiger partial charge in [0.05, 0.1) is 16.8 Å². The number of para-hydroxylation sites is 1. The van der Waals surface area contributed by atoms with E-state index < -0.39 is 5.41 Å².